The minimum absolute atomic E-state index is 0.00222. The van der Waals surface area contributed by atoms with Crippen molar-refractivity contribution in [2.24, 2.45) is 5.92 Å². The van der Waals surface area contributed by atoms with Gasteiger partial charge in [0.1, 0.15) is 5.78 Å². The van der Waals surface area contributed by atoms with Gasteiger partial charge in [0.05, 0.1) is 11.0 Å². The van der Waals surface area contributed by atoms with E-state index in [9.17, 15) is 18.0 Å². The largest absolute Gasteiger partial charge is 0.465 e. The molecule has 6 nitrogen and oxygen atoms in total. The lowest BCUT2D eigenvalue weighted by molar-refractivity contribution is -0.121. The van der Waals surface area contributed by atoms with Crippen LogP contribution in [0.4, 0.5) is 4.79 Å². The summed E-state index contributed by atoms with van der Waals surface area (Å²) in [6, 6.07) is -0.450. The van der Waals surface area contributed by atoms with E-state index in [1.807, 2.05) is 0 Å². The van der Waals surface area contributed by atoms with Crippen molar-refractivity contribution in [2.45, 2.75) is 44.4 Å². The summed E-state index contributed by atoms with van der Waals surface area (Å²) in [5.74, 6) is -0.585. The average molecular weight is 277 g/mol. The number of hydrogen-bond acceptors (Lipinski definition) is 4. The molecular formula is C11H19NO5S. The van der Waals surface area contributed by atoms with E-state index >= 15 is 0 Å². The fraction of sp³-hybridized carbons (Fsp3) is 0.818. The van der Waals surface area contributed by atoms with Gasteiger partial charge in [-0.1, -0.05) is 0 Å². The van der Waals surface area contributed by atoms with E-state index in [-0.39, 0.29) is 18.0 Å². The number of sulfone groups is 1. The van der Waals surface area contributed by atoms with Crippen LogP contribution in [0.1, 0.15) is 33.1 Å². The predicted octanol–water partition coefficient (Wildman–Crippen LogP) is 0.815. The van der Waals surface area contributed by atoms with Crippen LogP contribution in [0.5, 0.6) is 0 Å². The molecule has 0 spiro atoms. The van der Waals surface area contributed by atoms with E-state index in [2.05, 4.69) is 5.32 Å². The fourth-order valence-electron chi connectivity index (χ4n) is 2.10. The number of ketones is 1. The average Bonchev–Trinajstić information content (AvgIpc) is 2.21. The maximum absolute atomic E-state index is 11.9. The molecule has 0 aromatic carbocycles. The Bertz CT molecular complexity index is 429. The van der Waals surface area contributed by atoms with Crippen LogP contribution in [0.3, 0.4) is 0 Å². The van der Waals surface area contributed by atoms with Crippen molar-refractivity contribution in [3.63, 3.8) is 0 Å². The van der Waals surface area contributed by atoms with Crippen LogP contribution in [0, 0.1) is 5.92 Å². The third-order valence-corrected chi connectivity index (χ3v) is 5.60. The molecule has 7 heteroatoms. The van der Waals surface area contributed by atoms with Crippen LogP contribution in [0.2, 0.25) is 0 Å². The number of carbonyl (C=O) groups excluding carboxylic acids is 1. The zero-order valence-corrected chi connectivity index (χ0v) is 11.4. The number of carbonyl (C=O) groups is 2. The number of Topliss-reactive ketones (excluding diaryl/α,β-unsaturated/α-hetero) is 1. The van der Waals surface area contributed by atoms with E-state index in [1.54, 1.807) is 13.8 Å². The molecule has 0 heterocycles. The van der Waals surface area contributed by atoms with Crippen LogP contribution in [0.25, 0.3) is 0 Å². The van der Waals surface area contributed by atoms with Crippen LogP contribution in [0.15, 0.2) is 0 Å². The maximum Gasteiger partial charge on any atom is 0.404 e. The molecule has 2 atom stereocenters. The van der Waals surface area contributed by atoms with Crippen LogP contribution >= 0.6 is 0 Å². The molecule has 0 unspecified atom stereocenters. The molecule has 104 valence electrons. The lowest BCUT2D eigenvalue weighted by Gasteiger charge is -2.30. The summed E-state index contributed by atoms with van der Waals surface area (Å²) in [4.78, 5) is 22.0. The maximum atomic E-state index is 11.9. The Labute approximate surface area is 107 Å². The highest BCUT2D eigenvalue weighted by molar-refractivity contribution is 7.91. The number of carboxylic acid groups (broad SMARTS) is 1. The summed E-state index contributed by atoms with van der Waals surface area (Å²) < 4.78 is 23.7. The van der Waals surface area contributed by atoms with Crippen LogP contribution in [-0.2, 0) is 14.6 Å². The van der Waals surface area contributed by atoms with E-state index < -0.39 is 33.1 Å². The van der Waals surface area contributed by atoms with Crippen molar-refractivity contribution in [3.8, 4) is 0 Å². The number of hydrogen-bond donors (Lipinski definition) is 2. The first-order valence-corrected chi connectivity index (χ1v) is 7.66. The molecule has 1 rings (SSSR count). The Balaban J connectivity index is 2.79. The van der Waals surface area contributed by atoms with Crippen molar-refractivity contribution in [1.29, 1.82) is 0 Å². The summed E-state index contributed by atoms with van der Waals surface area (Å²) >= 11 is 0. The third kappa shape index (κ3) is 3.97. The van der Waals surface area contributed by atoms with Crippen molar-refractivity contribution >= 4 is 21.7 Å². The van der Waals surface area contributed by atoms with Crippen LogP contribution in [-0.4, -0.2) is 42.4 Å². The van der Waals surface area contributed by atoms with Gasteiger partial charge in [-0.25, -0.2) is 13.2 Å². The lowest BCUT2D eigenvalue weighted by atomic mass is 9.85. The molecule has 0 radical (unpaired) electrons. The zero-order chi connectivity index (χ0) is 13.9. The second-order valence-electron chi connectivity index (χ2n) is 4.98. The highest BCUT2D eigenvalue weighted by Gasteiger charge is 2.34. The fourth-order valence-corrected chi connectivity index (χ4v) is 3.44. The number of nitrogens with one attached hydrogen (secondary N) is 1. The van der Waals surface area contributed by atoms with Crippen molar-refractivity contribution in [2.75, 3.05) is 5.75 Å². The third-order valence-electron chi connectivity index (χ3n) is 3.27. The summed E-state index contributed by atoms with van der Waals surface area (Å²) in [5, 5.41) is 10.5. The van der Waals surface area contributed by atoms with E-state index in [0.29, 0.717) is 12.8 Å². The summed E-state index contributed by atoms with van der Waals surface area (Å²) in [7, 11) is -3.28. The Hall–Kier alpha value is -1.11. The SMILES string of the molecule is CC(C)S(=O)(=O)C[C@@H]1CC(=O)CC[C@@H]1NC(=O)O. The second kappa shape index (κ2) is 5.69. The summed E-state index contributed by atoms with van der Waals surface area (Å²) in [5.41, 5.74) is 0. The molecule has 2 N–H and O–H groups in total. The number of rotatable bonds is 4. The highest BCUT2D eigenvalue weighted by atomic mass is 32.2. The topological polar surface area (TPSA) is 101 Å². The molecule has 1 aliphatic carbocycles. The molecule has 1 saturated carbocycles. The standard InChI is InChI=1S/C11H19NO5S/c1-7(2)18(16,17)6-8-5-9(13)3-4-10(8)12-11(14)15/h7-8,10,12H,3-6H2,1-2H3,(H,14,15)/t8-,10-/m0/s1. The molecule has 1 fully saturated rings. The molecule has 0 aromatic heterocycles. The van der Waals surface area contributed by atoms with Gasteiger partial charge in [-0.05, 0) is 20.3 Å². The highest BCUT2D eigenvalue weighted by Crippen LogP contribution is 2.24. The Morgan fingerprint density at radius 3 is 2.61 bits per heavy atom. The first kappa shape index (κ1) is 14.9. The monoisotopic (exact) mass is 277 g/mol. The van der Waals surface area contributed by atoms with Gasteiger partial charge in [0.15, 0.2) is 9.84 Å². The molecule has 1 amide bonds. The molecular weight excluding hydrogens is 258 g/mol. The lowest BCUT2D eigenvalue weighted by Crippen LogP contribution is -2.46. The Morgan fingerprint density at radius 2 is 2.11 bits per heavy atom. The van der Waals surface area contributed by atoms with Gasteiger partial charge >= 0.3 is 6.09 Å². The van der Waals surface area contributed by atoms with Crippen molar-refractivity contribution in [3.05, 3.63) is 0 Å². The minimum Gasteiger partial charge on any atom is -0.465 e. The zero-order valence-electron chi connectivity index (χ0n) is 10.5. The first-order chi connectivity index (χ1) is 8.22. The smallest absolute Gasteiger partial charge is 0.404 e. The second-order valence-corrected chi connectivity index (χ2v) is 7.58. The minimum atomic E-state index is -3.28. The van der Waals surface area contributed by atoms with Crippen LogP contribution < -0.4 is 5.32 Å². The normalized spacial score (nSPS) is 25.2. The van der Waals surface area contributed by atoms with Gasteiger partial charge < -0.3 is 10.4 Å². The molecule has 0 aromatic rings. The molecule has 18 heavy (non-hydrogen) atoms. The molecule has 0 saturated heterocycles. The molecule has 0 aliphatic heterocycles. The predicted molar refractivity (Wildman–Crippen MR) is 66.2 cm³/mol. The van der Waals surface area contributed by atoms with Gasteiger partial charge in [0.25, 0.3) is 0 Å². The quantitative estimate of drug-likeness (QED) is 0.792. The van der Waals surface area contributed by atoms with E-state index in [1.165, 1.54) is 0 Å². The Morgan fingerprint density at radius 1 is 1.50 bits per heavy atom. The van der Waals surface area contributed by atoms with Gasteiger partial charge in [-0.15, -0.1) is 0 Å². The molecule has 1 aliphatic rings. The van der Waals surface area contributed by atoms with Gasteiger partial charge in [0, 0.05) is 24.8 Å². The van der Waals surface area contributed by atoms with Gasteiger partial charge in [-0.2, -0.15) is 0 Å². The Kier molecular flexibility index (Phi) is 4.72. The number of amides is 1. The summed E-state index contributed by atoms with van der Waals surface area (Å²) in [6.07, 6.45) is -0.356. The van der Waals surface area contributed by atoms with E-state index in [0.717, 1.165) is 0 Å². The van der Waals surface area contributed by atoms with Gasteiger partial charge in [-0.3, -0.25) is 4.79 Å². The van der Waals surface area contributed by atoms with Gasteiger partial charge in [0.2, 0.25) is 0 Å². The summed E-state index contributed by atoms with van der Waals surface area (Å²) in [6.45, 7) is 3.17. The first-order valence-electron chi connectivity index (χ1n) is 5.95. The van der Waals surface area contributed by atoms with E-state index in [4.69, 9.17) is 5.11 Å². The van der Waals surface area contributed by atoms with Crippen molar-refractivity contribution in [1.82, 2.24) is 5.32 Å². The van der Waals surface area contributed by atoms with Crippen molar-refractivity contribution < 1.29 is 23.1 Å². The molecule has 0 bridgehead atoms.